The summed E-state index contributed by atoms with van der Waals surface area (Å²) >= 11 is 1.25. The van der Waals surface area contributed by atoms with Gasteiger partial charge in [-0.2, -0.15) is 0 Å². The largest absolute Gasteiger partial charge is 0.335 e. The number of benzene rings is 2. The van der Waals surface area contributed by atoms with Gasteiger partial charge < -0.3 is 4.90 Å². The monoisotopic (exact) mass is 388 g/mol. The van der Waals surface area contributed by atoms with Gasteiger partial charge in [0, 0.05) is 29.6 Å². The molecular formula is C16H12N4O6S. The number of nitrogens with zero attached hydrogens (tertiary/aromatic N) is 4. The minimum Gasteiger partial charge on any atom is -0.335 e. The summed E-state index contributed by atoms with van der Waals surface area (Å²) in [5, 5.41) is 33.8. The van der Waals surface area contributed by atoms with E-state index < -0.39 is 14.8 Å². The number of nitro groups is 3. The first-order chi connectivity index (χ1) is 12.8. The van der Waals surface area contributed by atoms with Gasteiger partial charge in [0.1, 0.15) is 0 Å². The fourth-order valence-electron chi connectivity index (χ4n) is 2.70. The summed E-state index contributed by atoms with van der Waals surface area (Å²) in [4.78, 5) is 33.8. The summed E-state index contributed by atoms with van der Waals surface area (Å²) in [6.07, 6.45) is 1.56. The maximum atomic E-state index is 11.3. The molecule has 0 spiro atoms. The highest BCUT2D eigenvalue weighted by Gasteiger charge is 2.27. The van der Waals surface area contributed by atoms with Crippen LogP contribution in [0.3, 0.4) is 0 Å². The topological polar surface area (TPSA) is 133 Å². The molecule has 1 aliphatic heterocycles. The van der Waals surface area contributed by atoms with Crippen molar-refractivity contribution in [1.82, 2.24) is 0 Å². The number of rotatable bonds is 5. The van der Waals surface area contributed by atoms with E-state index in [4.69, 9.17) is 0 Å². The Balaban J connectivity index is 2.06. The second-order valence-corrected chi connectivity index (χ2v) is 6.56. The van der Waals surface area contributed by atoms with E-state index in [1.807, 2.05) is 11.8 Å². The van der Waals surface area contributed by atoms with Crippen LogP contribution in [0.2, 0.25) is 0 Å². The van der Waals surface area contributed by atoms with E-state index in [0.29, 0.717) is 16.5 Å². The van der Waals surface area contributed by atoms with Gasteiger partial charge >= 0.3 is 0 Å². The lowest BCUT2D eigenvalue weighted by Crippen LogP contribution is -2.16. The number of fused-ring (bicyclic) bond motifs is 1. The Hall–Kier alpha value is -3.47. The molecular weight excluding hydrogens is 376 g/mol. The molecule has 1 aliphatic rings. The third kappa shape index (κ3) is 3.44. The van der Waals surface area contributed by atoms with Gasteiger partial charge in [0.15, 0.2) is 0 Å². The van der Waals surface area contributed by atoms with Crippen molar-refractivity contribution in [3.05, 3.63) is 77.3 Å². The Bertz CT molecular complexity index is 1010. The van der Waals surface area contributed by atoms with Crippen LogP contribution in [-0.4, -0.2) is 21.3 Å². The highest BCUT2D eigenvalue weighted by Crippen LogP contribution is 2.48. The Morgan fingerprint density at radius 2 is 1.59 bits per heavy atom. The van der Waals surface area contributed by atoms with Gasteiger partial charge in [-0.3, -0.25) is 30.3 Å². The van der Waals surface area contributed by atoms with Crippen LogP contribution >= 0.6 is 11.8 Å². The third-order valence-corrected chi connectivity index (χ3v) is 5.04. The molecule has 0 bridgehead atoms. The number of anilines is 1. The first-order valence-electron chi connectivity index (χ1n) is 7.70. The van der Waals surface area contributed by atoms with Gasteiger partial charge in [0.2, 0.25) is 0 Å². The minimum atomic E-state index is -0.693. The van der Waals surface area contributed by atoms with Gasteiger partial charge in [-0.1, -0.05) is 11.8 Å². The normalized spacial score (nSPS) is 14.3. The summed E-state index contributed by atoms with van der Waals surface area (Å²) < 4.78 is 0. The van der Waals surface area contributed by atoms with Crippen LogP contribution in [0.4, 0.5) is 22.7 Å². The first kappa shape index (κ1) is 18.3. The molecule has 1 heterocycles. The number of hydrogen-bond donors (Lipinski definition) is 0. The van der Waals surface area contributed by atoms with E-state index in [1.54, 1.807) is 12.1 Å². The predicted octanol–water partition coefficient (Wildman–Crippen LogP) is 4.34. The molecule has 0 atom stereocenters. The third-order valence-electron chi connectivity index (χ3n) is 3.94. The van der Waals surface area contributed by atoms with E-state index in [1.165, 1.54) is 36.0 Å². The fraction of sp³-hybridized carbons (Fsp3) is 0.125. The van der Waals surface area contributed by atoms with Crippen LogP contribution < -0.4 is 4.90 Å². The average Bonchev–Trinajstić information content (AvgIpc) is 2.97. The molecule has 0 radical (unpaired) electrons. The highest BCUT2D eigenvalue weighted by atomic mass is 32.2. The van der Waals surface area contributed by atoms with Crippen LogP contribution in [0, 0.1) is 30.3 Å². The molecule has 27 heavy (non-hydrogen) atoms. The maximum absolute atomic E-state index is 11.3. The van der Waals surface area contributed by atoms with Crippen molar-refractivity contribution in [2.75, 3.05) is 11.4 Å². The summed E-state index contributed by atoms with van der Waals surface area (Å²) in [7, 11) is 0. The molecule has 10 nitrogen and oxygen atoms in total. The molecule has 0 aliphatic carbocycles. The van der Waals surface area contributed by atoms with E-state index in [-0.39, 0.29) is 22.6 Å². The van der Waals surface area contributed by atoms with Crippen molar-refractivity contribution in [1.29, 1.82) is 0 Å². The lowest BCUT2D eigenvalue weighted by molar-refractivity contribution is -0.394. The quantitative estimate of drug-likeness (QED) is 0.545. The van der Waals surface area contributed by atoms with Gasteiger partial charge in [-0.25, -0.2) is 0 Å². The molecule has 2 aromatic carbocycles. The van der Waals surface area contributed by atoms with E-state index in [2.05, 4.69) is 0 Å². The van der Waals surface area contributed by atoms with Crippen LogP contribution in [0.5, 0.6) is 0 Å². The van der Waals surface area contributed by atoms with Crippen molar-refractivity contribution in [2.45, 2.75) is 11.8 Å². The van der Waals surface area contributed by atoms with Crippen molar-refractivity contribution in [2.24, 2.45) is 0 Å². The lowest BCUT2D eigenvalue weighted by atomic mass is 10.1. The van der Waals surface area contributed by atoms with E-state index in [0.717, 1.165) is 11.8 Å². The predicted molar refractivity (Wildman–Crippen MR) is 99.7 cm³/mol. The molecule has 11 heteroatoms. The van der Waals surface area contributed by atoms with E-state index in [9.17, 15) is 30.3 Å². The van der Waals surface area contributed by atoms with Gasteiger partial charge in [-0.05, 0) is 25.1 Å². The van der Waals surface area contributed by atoms with Gasteiger partial charge in [0.05, 0.1) is 37.1 Å². The lowest BCUT2D eigenvalue weighted by Gasteiger charge is -2.17. The molecule has 0 aromatic heterocycles. The zero-order valence-corrected chi connectivity index (χ0v) is 14.7. The number of hydrogen-bond acceptors (Lipinski definition) is 8. The Kier molecular flexibility index (Phi) is 4.77. The Morgan fingerprint density at radius 3 is 2.19 bits per heavy atom. The Morgan fingerprint density at radius 1 is 0.963 bits per heavy atom. The standard InChI is InChI=1S/C16H12N4O6S/c1-2-17-13-6-5-12(19(23)24)9-15(13)27-16(17)7-10-3-4-11(18(21)22)8-14(10)20(25)26/h3-9H,2H2,1H3/b16-7+. The second-order valence-electron chi connectivity index (χ2n) is 5.50. The molecule has 0 saturated heterocycles. The Labute approximate surface area is 156 Å². The summed E-state index contributed by atoms with van der Waals surface area (Å²) in [5.74, 6) is 0. The molecule has 2 aromatic rings. The zero-order chi connectivity index (χ0) is 19.7. The van der Waals surface area contributed by atoms with Crippen molar-refractivity contribution >= 4 is 40.6 Å². The van der Waals surface area contributed by atoms with Gasteiger partial charge in [0.25, 0.3) is 17.1 Å². The molecule has 0 unspecified atom stereocenters. The van der Waals surface area contributed by atoms with Crippen LogP contribution in [0.15, 0.2) is 46.3 Å². The fourth-order valence-corrected chi connectivity index (χ4v) is 3.91. The highest BCUT2D eigenvalue weighted by molar-refractivity contribution is 8.03. The number of non-ortho nitro benzene ring substituents is 2. The summed E-state index contributed by atoms with van der Waals surface area (Å²) in [5.41, 5.74) is 0.196. The van der Waals surface area contributed by atoms with Crippen molar-refractivity contribution in [3.63, 3.8) is 0 Å². The maximum Gasteiger partial charge on any atom is 0.283 e. The molecule has 0 fully saturated rings. The summed E-state index contributed by atoms with van der Waals surface area (Å²) in [6, 6.07) is 7.93. The van der Waals surface area contributed by atoms with Crippen LogP contribution in [0.25, 0.3) is 6.08 Å². The molecule has 138 valence electrons. The van der Waals surface area contributed by atoms with Gasteiger partial charge in [-0.15, -0.1) is 0 Å². The minimum absolute atomic E-state index is 0.0418. The zero-order valence-electron chi connectivity index (χ0n) is 13.9. The molecule has 0 saturated carbocycles. The van der Waals surface area contributed by atoms with Crippen LogP contribution in [-0.2, 0) is 0 Å². The van der Waals surface area contributed by atoms with Crippen molar-refractivity contribution in [3.8, 4) is 0 Å². The number of nitro benzene ring substituents is 3. The molecule has 0 N–H and O–H groups in total. The van der Waals surface area contributed by atoms with Crippen LogP contribution in [0.1, 0.15) is 12.5 Å². The molecule has 3 rings (SSSR count). The second kappa shape index (κ2) is 7.03. The van der Waals surface area contributed by atoms with Crippen molar-refractivity contribution < 1.29 is 14.8 Å². The number of thioether (sulfide) groups is 1. The molecule has 0 amide bonds. The smallest absolute Gasteiger partial charge is 0.283 e. The SMILES string of the molecule is CCN1/C(=C\c2ccc([N+](=O)[O-])cc2[N+](=O)[O-])Sc2cc([N+](=O)[O-])ccc21. The van der Waals surface area contributed by atoms with E-state index >= 15 is 0 Å². The summed E-state index contributed by atoms with van der Waals surface area (Å²) in [6.45, 7) is 2.43. The first-order valence-corrected chi connectivity index (χ1v) is 8.51. The average molecular weight is 388 g/mol.